The fourth-order valence-electron chi connectivity index (χ4n) is 3.95. The summed E-state index contributed by atoms with van der Waals surface area (Å²) in [6, 6.07) is 8.00. The predicted molar refractivity (Wildman–Crippen MR) is 108 cm³/mol. The molecule has 0 atom stereocenters. The third-order valence-corrected chi connectivity index (χ3v) is 7.67. The van der Waals surface area contributed by atoms with Gasteiger partial charge in [-0.3, -0.25) is 5.10 Å². The predicted octanol–water partition coefficient (Wildman–Crippen LogP) is 3.85. The molecule has 0 amide bonds. The summed E-state index contributed by atoms with van der Waals surface area (Å²) >= 11 is 0. The molecule has 1 fully saturated rings. The number of hydrogen-bond donors (Lipinski definition) is 2. The molecule has 154 valence electrons. The third-order valence-electron chi connectivity index (χ3n) is 5.77. The Kier molecular flexibility index (Phi) is 4.43. The first-order valence-electron chi connectivity index (χ1n) is 9.21. The van der Waals surface area contributed by atoms with Crippen LogP contribution in [0.15, 0.2) is 35.2 Å². The van der Waals surface area contributed by atoms with Gasteiger partial charge in [0.15, 0.2) is 5.82 Å². The number of aromatic nitrogens is 2. The fourth-order valence-corrected chi connectivity index (χ4v) is 5.39. The van der Waals surface area contributed by atoms with Crippen LogP contribution in [0.5, 0.6) is 0 Å². The fraction of sp³-hybridized carbons (Fsp3) is 0.350. The van der Waals surface area contributed by atoms with Crippen molar-refractivity contribution < 1.29 is 17.2 Å². The zero-order valence-corrected chi connectivity index (χ0v) is 17.1. The van der Waals surface area contributed by atoms with Crippen molar-refractivity contribution in [1.29, 1.82) is 0 Å². The molecule has 4 rings (SSSR count). The molecule has 1 heterocycles. The number of fused-ring (bicyclic) bond motifs is 1. The van der Waals surface area contributed by atoms with Gasteiger partial charge in [-0.1, -0.05) is 12.1 Å². The quantitative estimate of drug-likeness (QED) is 0.671. The second-order valence-corrected chi connectivity index (χ2v) is 9.68. The van der Waals surface area contributed by atoms with Crippen LogP contribution in [-0.2, 0) is 10.0 Å². The van der Waals surface area contributed by atoms with E-state index in [9.17, 15) is 17.2 Å². The van der Waals surface area contributed by atoms with Gasteiger partial charge in [-0.2, -0.15) is 9.40 Å². The van der Waals surface area contributed by atoms with Crippen LogP contribution in [0.25, 0.3) is 22.0 Å². The lowest BCUT2D eigenvalue weighted by Gasteiger charge is -2.39. The summed E-state index contributed by atoms with van der Waals surface area (Å²) in [5, 5.41) is 7.75. The van der Waals surface area contributed by atoms with E-state index in [1.807, 2.05) is 26.0 Å². The number of sulfonamides is 1. The van der Waals surface area contributed by atoms with Gasteiger partial charge in [0.25, 0.3) is 5.92 Å². The van der Waals surface area contributed by atoms with Crippen molar-refractivity contribution in [1.82, 2.24) is 14.5 Å². The van der Waals surface area contributed by atoms with Gasteiger partial charge in [-0.25, -0.2) is 17.2 Å². The van der Waals surface area contributed by atoms with E-state index < -0.39 is 34.8 Å². The topological polar surface area (TPSA) is 92.1 Å². The van der Waals surface area contributed by atoms with E-state index in [0.717, 1.165) is 37.5 Å². The van der Waals surface area contributed by atoms with Crippen molar-refractivity contribution in [3.63, 3.8) is 0 Å². The zero-order chi connectivity index (χ0) is 21.1. The van der Waals surface area contributed by atoms with Crippen LogP contribution in [0.2, 0.25) is 0 Å². The maximum absolute atomic E-state index is 13.2. The number of anilines is 1. The average molecular weight is 420 g/mol. The van der Waals surface area contributed by atoms with Gasteiger partial charge in [-0.15, -0.1) is 0 Å². The van der Waals surface area contributed by atoms with Gasteiger partial charge in [-0.05, 0) is 54.3 Å². The Morgan fingerprint density at radius 3 is 2.45 bits per heavy atom. The number of nitrogens with one attached hydrogen (secondary N) is 1. The molecule has 29 heavy (non-hydrogen) atoms. The lowest BCUT2D eigenvalue weighted by Crippen LogP contribution is -2.51. The van der Waals surface area contributed by atoms with Crippen LogP contribution in [0.4, 0.5) is 14.6 Å². The smallest absolute Gasteiger partial charge is 0.251 e. The van der Waals surface area contributed by atoms with Crippen LogP contribution in [0, 0.1) is 13.8 Å². The SMILES string of the molecule is Cc1cc(S(=O)(=O)N(C)C2CC(F)(F)C2)ccc1-c1ccc2[nH]nc(N)c2c1C. The number of alkyl halides is 2. The molecule has 1 saturated carbocycles. The first-order valence-corrected chi connectivity index (χ1v) is 10.7. The number of aromatic amines is 1. The molecule has 1 aromatic heterocycles. The summed E-state index contributed by atoms with van der Waals surface area (Å²) in [5.41, 5.74) is 10.3. The summed E-state index contributed by atoms with van der Waals surface area (Å²) in [5.74, 6) is -2.37. The van der Waals surface area contributed by atoms with E-state index in [2.05, 4.69) is 10.2 Å². The zero-order valence-electron chi connectivity index (χ0n) is 16.3. The Hall–Kier alpha value is -2.52. The molecule has 0 spiro atoms. The van der Waals surface area contributed by atoms with Crippen LogP contribution in [0.3, 0.4) is 0 Å². The summed E-state index contributed by atoms with van der Waals surface area (Å²) in [6.07, 6.45) is -0.879. The Labute approximate surface area is 167 Å². The minimum Gasteiger partial charge on any atom is -0.382 e. The maximum atomic E-state index is 13.2. The summed E-state index contributed by atoms with van der Waals surface area (Å²) in [6.45, 7) is 3.77. The lowest BCUT2D eigenvalue weighted by atomic mass is 9.88. The normalized spacial score (nSPS) is 17.0. The van der Waals surface area contributed by atoms with Gasteiger partial charge < -0.3 is 5.73 Å². The van der Waals surface area contributed by atoms with Crippen molar-refractivity contribution in [3.05, 3.63) is 41.5 Å². The molecule has 1 aliphatic rings. The Bertz CT molecular complexity index is 1210. The number of nitrogen functional groups attached to an aromatic ring is 1. The van der Waals surface area contributed by atoms with Crippen molar-refractivity contribution >= 4 is 26.7 Å². The molecule has 9 heteroatoms. The molecule has 0 unspecified atom stereocenters. The van der Waals surface area contributed by atoms with E-state index in [4.69, 9.17) is 5.73 Å². The third kappa shape index (κ3) is 3.18. The molecule has 0 bridgehead atoms. The first-order chi connectivity index (χ1) is 13.5. The van der Waals surface area contributed by atoms with Gasteiger partial charge >= 0.3 is 0 Å². The van der Waals surface area contributed by atoms with Gasteiger partial charge in [0.1, 0.15) is 0 Å². The lowest BCUT2D eigenvalue weighted by molar-refractivity contribution is -0.106. The van der Waals surface area contributed by atoms with Gasteiger partial charge in [0.05, 0.1) is 10.4 Å². The second kappa shape index (κ2) is 6.50. The molecule has 0 aliphatic heterocycles. The van der Waals surface area contributed by atoms with Gasteiger partial charge in [0, 0.05) is 31.3 Å². The van der Waals surface area contributed by atoms with Crippen LogP contribution < -0.4 is 5.73 Å². The molecule has 6 nitrogen and oxygen atoms in total. The van der Waals surface area contributed by atoms with Crippen molar-refractivity contribution in [2.75, 3.05) is 12.8 Å². The number of aryl methyl sites for hydroxylation is 2. The number of nitrogens with two attached hydrogens (primary N) is 1. The summed E-state index contributed by atoms with van der Waals surface area (Å²) < 4.78 is 53.1. The van der Waals surface area contributed by atoms with Crippen molar-refractivity contribution in [2.24, 2.45) is 0 Å². The first kappa shape index (κ1) is 19.8. The number of hydrogen-bond acceptors (Lipinski definition) is 4. The van der Waals surface area contributed by atoms with Gasteiger partial charge in [0.2, 0.25) is 10.0 Å². The van der Waals surface area contributed by atoms with E-state index in [1.165, 1.54) is 13.1 Å². The van der Waals surface area contributed by atoms with Crippen LogP contribution in [0.1, 0.15) is 24.0 Å². The highest BCUT2D eigenvalue weighted by molar-refractivity contribution is 7.89. The molecule has 0 radical (unpaired) electrons. The Balaban J connectivity index is 1.70. The highest BCUT2D eigenvalue weighted by Gasteiger charge is 2.49. The highest BCUT2D eigenvalue weighted by Crippen LogP contribution is 2.42. The van der Waals surface area contributed by atoms with Crippen LogP contribution in [-0.4, -0.2) is 41.9 Å². The van der Waals surface area contributed by atoms with E-state index in [0.29, 0.717) is 5.82 Å². The standard InChI is InChI=1S/C20H22F2N4O2S/c1-11-8-14(29(27,28)26(3)13-9-20(21,22)10-13)4-5-15(11)16-6-7-17-18(12(16)2)19(23)25-24-17/h4-8,13H,9-10H2,1-3H3,(H3,23,24,25). The minimum atomic E-state index is -3.85. The summed E-state index contributed by atoms with van der Waals surface area (Å²) in [7, 11) is -2.49. The number of benzene rings is 2. The number of halogens is 2. The molecular weight excluding hydrogens is 398 g/mol. The van der Waals surface area contributed by atoms with Crippen LogP contribution >= 0.6 is 0 Å². The highest BCUT2D eigenvalue weighted by atomic mass is 32.2. The number of H-pyrrole nitrogens is 1. The molecule has 0 saturated heterocycles. The van der Waals surface area contributed by atoms with E-state index in [-0.39, 0.29) is 4.90 Å². The maximum Gasteiger partial charge on any atom is 0.251 e. The second-order valence-electron chi connectivity index (χ2n) is 7.69. The van der Waals surface area contributed by atoms with E-state index in [1.54, 1.807) is 12.1 Å². The number of nitrogens with zero attached hydrogens (tertiary/aromatic N) is 2. The molecule has 2 aromatic carbocycles. The van der Waals surface area contributed by atoms with Crippen molar-refractivity contribution in [3.8, 4) is 11.1 Å². The molecule has 3 aromatic rings. The average Bonchev–Trinajstić information content (AvgIpc) is 3.01. The largest absolute Gasteiger partial charge is 0.382 e. The minimum absolute atomic E-state index is 0.0954. The number of rotatable bonds is 4. The monoisotopic (exact) mass is 420 g/mol. The Morgan fingerprint density at radius 1 is 1.17 bits per heavy atom. The van der Waals surface area contributed by atoms with Crippen molar-refractivity contribution in [2.45, 2.75) is 43.5 Å². The molecule has 3 N–H and O–H groups in total. The van der Waals surface area contributed by atoms with E-state index >= 15 is 0 Å². The molecule has 1 aliphatic carbocycles. The summed E-state index contributed by atoms with van der Waals surface area (Å²) in [4.78, 5) is 0.0954. The Morgan fingerprint density at radius 2 is 1.83 bits per heavy atom. The molecular formula is C20H22F2N4O2S.